The Hall–Kier alpha value is -2.73. The highest BCUT2D eigenvalue weighted by atomic mass is 32.2. The molecule has 1 saturated heterocycles. The molecule has 0 atom stereocenters. The van der Waals surface area contributed by atoms with Crippen LogP contribution in [-0.2, 0) is 11.2 Å². The number of aryl methyl sites for hydroxylation is 1. The Balaban J connectivity index is 1.66. The summed E-state index contributed by atoms with van der Waals surface area (Å²) < 4.78 is 0. The van der Waals surface area contributed by atoms with E-state index in [1.807, 2.05) is 48.5 Å². The standard InChI is InChI=1S/C23H27N3O2S/c1-4-17-7-11-19(12-8-17)24-16-26-22(27)21(29-23(26)28)15-18-9-13-20(14-10-18)25(5-2)6-3/h7-15,24H,4-6,16H2,1-3H3. The molecule has 6 heteroatoms. The second-order valence-electron chi connectivity index (χ2n) is 6.76. The molecule has 1 heterocycles. The summed E-state index contributed by atoms with van der Waals surface area (Å²) in [5.41, 5.74) is 4.20. The van der Waals surface area contributed by atoms with Gasteiger partial charge in [-0.05, 0) is 73.5 Å². The van der Waals surface area contributed by atoms with Crippen molar-refractivity contribution in [3.05, 3.63) is 64.6 Å². The summed E-state index contributed by atoms with van der Waals surface area (Å²) in [4.78, 5) is 28.9. The van der Waals surface area contributed by atoms with Gasteiger partial charge in [0.1, 0.15) is 0 Å². The van der Waals surface area contributed by atoms with E-state index in [1.54, 1.807) is 6.08 Å². The Morgan fingerprint density at radius 1 is 0.966 bits per heavy atom. The molecule has 5 nitrogen and oxygen atoms in total. The number of carbonyl (C=O) groups is 2. The summed E-state index contributed by atoms with van der Waals surface area (Å²) in [6.07, 6.45) is 2.76. The van der Waals surface area contributed by atoms with Gasteiger partial charge in [0.25, 0.3) is 11.1 Å². The van der Waals surface area contributed by atoms with Crippen LogP contribution in [0, 0.1) is 0 Å². The van der Waals surface area contributed by atoms with Gasteiger partial charge in [0, 0.05) is 24.5 Å². The van der Waals surface area contributed by atoms with Crippen LogP contribution in [0.3, 0.4) is 0 Å². The number of nitrogens with zero attached hydrogens (tertiary/aromatic N) is 2. The van der Waals surface area contributed by atoms with Crippen LogP contribution < -0.4 is 10.2 Å². The molecule has 3 rings (SSSR count). The quantitative estimate of drug-likeness (QED) is 0.607. The molecule has 0 unspecified atom stereocenters. The Morgan fingerprint density at radius 3 is 2.21 bits per heavy atom. The first-order valence-corrected chi connectivity index (χ1v) is 10.8. The molecule has 0 bridgehead atoms. The van der Waals surface area contributed by atoms with Gasteiger partial charge >= 0.3 is 0 Å². The first kappa shape index (κ1) is 21.0. The van der Waals surface area contributed by atoms with Crippen molar-refractivity contribution < 1.29 is 9.59 Å². The average molecular weight is 410 g/mol. The van der Waals surface area contributed by atoms with Crippen LogP contribution in [0.1, 0.15) is 31.9 Å². The maximum absolute atomic E-state index is 12.7. The van der Waals surface area contributed by atoms with Crippen LogP contribution in [0.2, 0.25) is 0 Å². The number of hydrogen-bond acceptors (Lipinski definition) is 5. The van der Waals surface area contributed by atoms with E-state index in [1.165, 1.54) is 10.5 Å². The normalized spacial score (nSPS) is 15.3. The number of nitrogens with one attached hydrogen (secondary N) is 1. The number of anilines is 2. The molecule has 1 aliphatic rings. The van der Waals surface area contributed by atoms with Crippen LogP contribution in [0.15, 0.2) is 53.4 Å². The minimum absolute atomic E-state index is 0.161. The molecule has 0 radical (unpaired) electrons. The van der Waals surface area contributed by atoms with Gasteiger partial charge in [-0.1, -0.05) is 31.2 Å². The SMILES string of the molecule is CCc1ccc(NCN2C(=O)SC(=Cc3ccc(N(CC)CC)cc3)C2=O)cc1. The molecule has 1 fully saturated rings. The molecule has 2 aromatic rings. The second kappa shape index (κ2) is 9.65. The third-order valence-corrected chi connectivity index (χ3v) is 5.90. The number of hydrogen-bond donors (Lipinski definition) is 1. The van der Waals surface area contributed by atoms with Gasteiger partial charge in [0.2, 0.25) is 0 Å². The van der Waals surface area contributed by atoms with Gasteiger partial charge in [0.15, 0.2) is 0 Å². The first-order valence-electron chi connectivity index (χ1n) is 9.98. The fraction of sp³-hybridized carbons (Fsp3) is 0.304. The highest BCUT2D eigenvalue weighted by Gasteiger charge is 2.34. The Morgan fingerprint density at radius 2 is 1.62 bits per heavy atom. The molecule has 0 saturated carbocycles. The summed E-state index contributed by atoms with van der Waals surface area (Å²) >= 11 is 0.985. The second-order valence-corrected chi connectivity index (χ2v) is 7.75. The molecule has 0 spiro atoms. The fourth-order valence-electron chi connectivity index (χ4n) is 3.19. The summed E-state index contributed by atoms with van der Waals surface area (Å²) in [7, 11) is 0. The van der Waals surface area contributed by atoms with Crippen molar-refractivity contribution in [2.24, 2.45) is 0 Å². The van der Waals surface area contributed by atoms with Crippen molar-refractivity contribution >= 4 is 40.4 Å². The molecule has 1 aliphatic heterocycles. The number of thioether (sulfide) groups is 1. The number of rotatable bonds is 8. The lowest BCUT2D eigenvalue weighted by atomic mass is 10.1. The van der Waals surface area contributed by atoms with E-state index in [2.05, 4.69) is 31.0 Å². The van der Waals surface area contributed by atoms with Crippen molar-refractivity contribution in [2.75, 3.05) is 30.0 Å². The van der Waals surface area contributed by atoms with E-state index in [9.17, 15) is 9.59 Å². The summed E-state index contributed by atoms with van der Waals surface area (Å²) in [5.74, 6) is -0.259. The van der Waals surface area contributed by atoms with Gasteiger partial charge in [0.05, 0.1) is 11.6 Å². The van der Waals surface area contributed by atoms with Gasteiger partial charge in [-0.25, -0.2) is 0 Å². The van der Waals surface area contributed by atoms with Crippen LogP contribution >= 0.6 is 11.8 Å². The van der Waals surface area contributed by atoms with Crippen molar-refractivity contribution in [2.45, 2.75) is 27.2 Å². The largest absolute Gasteiger partial charge is 0.372 e. The van der Waals surface area contributed by atoms with Gasteiger partial charge < -0.3 is 10.2 Å². The number of amides is 2. The van der Waals surface area contributed by atoms with Crippen molar-refractivity contribution in [1.29, 1.82) is 0 Å². The Labute approximate surface area is 176 Å². The minimum Gasteiger partial charge on any atom is -0.372 e. The molecule has 0 aliphatic carbocycles. The Bertz CT molecular complexity index is 887. The summed E-state index contributed by atoms with van der Waals surface area (Å²) in [6.45, 7) is 8.41. The monoisotopic (exact) mass is 409 g/mol. The van der Waals surface area contributed by atoms with Crippen molar-refractivity contribution in [3.63, 3.8) is 0 Å². The molecule has 1 N–H and O–H groups in total. The van der Waals surface area contributed by atoms with Crippen LogP contribution in [-0.4, -0.2) is 35.8 Å². The average Bonchev–Trinajstić information content (AvgIpc) is 3.01. The van der Waals surface area contributed by atoms with E-state index in [0.717, 1.165) is 48.2 Å². The minimum atomic E-state index is -0.259. The van der Waals surface area contributed by atoms with E-state index < -0.39 is 0 Å². The lowest BCUT2D eigenvalue weighted by Crippen LogP contribution is -2.33. The Kier molecular flexibility index (Phi) is 6.99. The maximum atomic E-state index is 12.7. The zero-order chi connectivity index (χ0) is 20.8. The molecule has 0 aromatic heterocycles. The van der Waals surface area contributed by atoms with Crippen LogP contribution in [0.5, 0.6) is 0 Å². The third kappa shape index (κ3) is 5.01. The zero-order valence-corrected chi connectivity index (χ0v) is 18.0. The van der Waals surface area contributed by atoms with E-state index in [-0.39, 0.29) is 17.8 Å². The van der Waals surface area contributed by atoms with E-state index in [0.29, 0.717) is 4.91 Å². The topological polar surface area (TPSA) is 52.7 Å². The van der Waals surface area contributed by atoms with Crippen molar-refractivity contribution in [1.82, 2.24) is 4.90 Å². The van der Waals surface area contributed by atoms with Crippen molar-refractivity contribution in [3.8, 4) is 0 Å². The zero-order valence-electron chi connectivity index (χ0n) is 17.1. The first-order chi connectivity index (χ1) is 14.0. The summed E-state index contributed by atoms with van der Waals surface area (Å²) in [5, 5.41) is 2.90. The third-order valence-electron chi connectivity index (χ3n) is 5.00. The molecule has 2 amide bonds. The van der Waals surface area contributed by atoms with E-state index in [4.69, 9.17) is 0 Å². The lowest BCUT2D eigenvalue weighted by molar-refractivity contribution is -0.122. The maximum Gasteiger partial charge on any atom is 0.295 e. The smallest absolute Gasteiger partial charge is 0.295 e. The highest BCUT2D eigenvalue weighted by molar-refractivity contribution is 8.18. The number of carbonyl (C=O) groups excluding carboxylic acids is 2. The lowest BCUT2D eigenvalue weighted by Gasteiger charge is -2.20. The number of benzene rings is 2. The van der Waals surface area contributed by atoms with Gasteiger partial charge in [-0.3, -0.25) is 14.5 Å². The summed E-state index contributed by atoms with van der Waals surface area (Å²) in [6, 6.07) is 16.1. The number of imide groups is 1. The molecule has 152 valence electrons. The molecule has 2 aromatic carbocycles. The van der Waals surface area contributed by atoms with Crippen LogP contribution in [0.25, 0.3) is 6.08 Å². The molecule has 29 heavy (non-hydrogen) atoms. The molecular formula is C23H27N3O2S. The van der Waals surface area contributed by atoms with Gasteiger partial charge in [-0.2, -0.15) is 0 Å². The highest BCUT2D eigenvalue weighted by Crippen LogP contribution is 2.32. The van der Waals surface area contributed by atoms with Crippen LogP contribution in [0.4, 0.5) is 16.2 Å². The van der Waals surface area contributed by atoms with Gasteiger partial charge in [-0.15, -0.1) is 0 Å². The fourth-order valence-corrected chi connectivity index (χ4v) is 4.02. The predicted molar refractivity (Wildman–Crippen MR) is 122 cm³/mol. The predicted octanol–water partition coefficient (Wildman–Crippen LogP) is 5.20. The molecular weight excluding hydrogens is 382 g/mol. The van der Waals surface area contributed by atoms with E-state index >= 15 is 0 Å².